The van der Waals surface area contributed by atoms with E-state index in [-0.39, 0.29) is 0 Å². The summed E-state index contributed by atoms with van der Waals surface area (Å²) in [4.78, 5) is 22.9. The molecule has 1 unspecified atom stereocenters. The number of nitrogens with one attached hydrogen (secondary N) is 2. The molecule has 2 N–H and O–H groups in total. The zero-order chi connectivity index (χ0) is 19.5. The van der Waals surface area contributed by atoms with Crippen molar-refractivity contribution >= 4 is 17.7 Å². The van der Waals surface area contributed by atoms with Crippen molar-refractivity contribution in [3.05, 3.63) is 29.7 Å². The Bertz CT molecular complexity index is 799. The molecule has 1 atom stereocenters. The third-order valence-electron chi connectivity index (χ3n) is 5.36. The monoisotopic (exact) mass is 382 g/mol. The van der Waals surface area contributed by atoms with Crippen LogP contribution in [0.2, 0.25) is 0 Å². The summed E-state index contributed by atoms with van der Waals surface area (Å²) in [5.74, 6) is 2.88. The highest BCUT2D eigenvalue weighted by Crippen LogP contribution is 2.25. The number of hydrogen-bond donors (Lipinski definition) is 2. The highest BCUT2D eigenvalue weighted by Gasteiger charge is 2.23. The quantitative estimate of drug-likeness (QED) is 0.754. The average molecular weight is 383 g/mol. The zero-order valence-corrected chi connectivity index (χ0v) is 17.0. The van der Waals surface area contributed by atoms with Crippen molar-refractivity contribution in [3.63, 3.8) is 0 Å². The van der Waals surface area contributed by atoms with Gasteiger partial charge in [0.15, 0.2) is 0 Å². The maximum atomic E-state index is 4.68. The van der Waals surface area contributed by atoms with E-state index in [0.29, 0.717) is 18.0 Å². The molecule has 4 rings (SSSR count). The number of anilines is 3. The molecule has 1 aliphatic carbocycles. The van der Waals surface area contributed by atoms with E-state index in [1.165, 1.54) is 18.4 Å². The van der Waals surface area contributed by atoms with Gasteiger partial charge >= 0.3 is 0 Å². The average Bonchev–Trinajstić information content (AvgIpc) is 3.52. The van der Waals surface area contributed by atoms with Crippen LogP contribution in [0, 0.1) is 0 Å². The lowest BCUT2D eigenvalue weighted by molar-refractivity contribution is 0.311. The predicted octanol–water partition coefficient (Wildman–Crippen LogP) is 2.14. The van der Waals surface area contributed by atoms with Gasteiger partial charge < -0.3 is 20.4 Å². The molecule has 150 valence electrons. The van der Waals surface area contributed by atoms with Gasteiger partial charge in [-0.3, -0.25) is 0 Å². The molecule has 0 aromatic carbocycles. The van der Waals surface area contributed by atoms with E-state index in [0.717, 1.165) is 50.2 Å². The van der Waals surface area contributed by atoms with Crippen LogP contribution in [0.4, 0.5) is 17.7 Å². The topological polar surface area (TPSA) is 82.1 Å². The summed E-state index contributed by atoms with van der Waals surface area (Å²) in [6.45, 7) is 8.16. The first-order valence-corrected chi connectivity index (χ1v) is 10.3. The Morgan fingerprint density at radius 2 is 1.93 bits per heavy atom. The minimum Gasteiger partial charge on any atom is -0.338 e. The Labute approximate surface area is 166 Å². The van der Waals surface area contributed by atoms with Crippen molar-refractivity contribution in [1.29, 1.82) is 0 Å². The van der Waals surface area contributed by atoms with E-state index in [9.17, 15) is 0 Å². The van der Waals surface area contributed by atoms with Crippen molar-refractivity contribution < 1.29 is 0 Å². The van der Waals surface area contributed by atoms with E-state index in [1.807, 2.05) is 6.20 Å². The second-order valence-electron chi connectivity index (χ2n) is 7.78. The minimum absolute atomic E-state index is 0.307. The Balaban J connectivity index is 1.51. The standard InChI is InChI=1S/C20H30N8/c1-4-17-23-19(26-20(25-17)28-11-9-27(3)10-12-28)24-18-13-15(7-8-21-18)14(2)22-16-5-6-16/h7-8,13-14,16,22H,4-6,9-12H2,1-3H3,(H,21,23,24,25,26). The fraction of sp³-hybridized carbons (Fsp3) is 0.600. The lowest BCUT2D eigenvalue weighted by atomic mass is 10.1. The fourth-order valence-electron chi connectivity index (χ4n) is 3.37. The van der Waals surface area contributed by atoms with Crippen LogP contribution in [0.25, 0.3) is 0 Å². The van der Waals surface area contributed by atoms with Gasteiger partial charge in [0.25, 0.3) is 0 Å². The number of likely N-dealkylation sites (N-methyl/N-ethyl adjacent to an activating group) is 1. The van der Waals surface area contributed by atoms with Crippen LogP contribution in [0.3, 0.4) is 0 Å². The fourth-order valence-corrected chi connectivity index (χ4v) is 3.37. The summed E-state index contributed by atoms with van der Waals surface area (Å²) in [7, 11) is 2.15. The second-order valence-corrected chi connectivity index (χ2v) is 7.78. The van der Waals surface area contributed by atoms with Crippen LogP contribution in [0.15, 0.2) is 18.3 Å². The molecule has 28 heavy (non-hydrogen) atoms. The number of aryl methyl sites for hydroxylation is 1. The summed E-state index contributed by atoms with van der Waals surface area (Å²) in [6, 6.07) is 5.11. The molecule has 2 aliphatic rings. The SMILES string of the molecule is CCc1nc(Nc2cc(C(C)NC3CC3)ccn2)nc(N2CCN(C)CC2)n1. The van der Waals surface area contributed by atoms with Crippen LogP contribution in [0.5, 0.6) is 0 Å². The summed E-state index contributed by atoms with van der Waals surface area (Å²) in [5, 5.41) is 6.92. The van der Waals surface area contributed by atoms with Crippen molar-refractivity contribution in [2.45, 2.75) is 45.2 Å². The van der Waals surface area contributed by atoms with Gasteiger partial charge in [-0.05, 0) is 44.5 Å². The first-order valence-electron chi connectivity index (χ1n) is 10.3. The summed E-state index contributed by atoms with van der Waals surface area (Å²) >= 11 is 0. The number of aromatic nitrogens is 4. The number of hydrogen-bond acceptors (Lipinski definition) is 8. The molecule has 2 aromatic heterocycles. The zero-order valence-electron chi connectivity index (χ0n) is 17.0. The van der Waals surface area contributed by atoms with Crippen LogP contribution >= 0.6 is 0 Å². The van der Waals surface area contributed by atoms with Crippen molar-refractivity contribution in [3.8, 4) is 0 Å². The van der Waals surface area contributed by atoms with Gasteiger partial charge in [0, 0.05) is 50.9 Å². The van der Waals surface area contributed by atoms with E-state index < -0.39 is 0 Å². The van der Waals surface area contributed by atoms with Crippen LogP contribution in [-0.4, -0.2) is 64.1 Å². The molecule has 2 aromatic rings. The largest absolute Gasteiger partial charge is 0.338 e. The third kappa shape index (κ3) is 4.74. The second kappa shape index (κ2) is 8.36. The maximum absolute atomic E-state index is 4.68. The summed E-state index contributed by atoms with van der Waals surface area (Å²) < 4.78 is 0. The van der Waals surface area contributed by atoms with E-state index in [1.54, 1.807) is 0 Å². The Kier molecular flexibility index (Phi) is 5.68. The molecule has 8 heteroatoms. The van der Waals surface area contributed by atoms with E-state index >= 15 is 0 Å². The van der Waals surface area contributed by atoms with Gasteiger partial charge in [-0.25, -0.2) is 4.98 Å². The van der Waals surface area contributed by atoms with Gasteiger partial charge in [0.1, 0.15) is 11.6 Å². The Morgan fingerprint density at radius 3 is 2.64 bits per heavy atom. The summed E-state index contributed by atoms with van der Waals surface area (Å²) in [6.07, 6.45) is 5.17. The molecule has 0 amide bonds. The first-order chi connectivity index (χ1) is 13.6. The van der Waals surface area contributed by atoms with E-state index in [2.05, 4.69) is 73.4 Å². The lowest BCUT2D eigenvalue weighted by Gasteiger charge is -2.32. The number of piperazine rings is 1. The normalized spacial score (nSPS) is 18.9. The predicted molar refractivity (Wildman–Crippen MR) is 111 cm³/mol. The van der Waals surface area contributed by atoms with Crippen molar-refractivity contribution in [2.75, 3.05) is 43.4 Å². The molecule has 3 heterocycles. The van der Waals surface area contributed by atoms with Crippen LogP contribution < -0.4 is 15.5 Å². The smallest absolute Gasteiger partial charge is 0.233 e. The third-order valence-corrected chi connectivity index (χ3v) is 5.36. The molecule has 8 nitrogen and oxygen atoms in total. The molecule has 1 saturated heterocycles. The summed E-state index contributed by atoms with van der Waals surface area (Å²) in [5.41, 5.74) is 1.22. The Morgan fingerprint density at radius 1 is 1.14 bits per heavy atom. The molecule has 0 radical (unpaired) electrons. The Hall–Kier alpha value is -2.32. The van der Waals surface area contributed by atoms with Gasteiger partial charge in [-0.15, -0.1) is 0 Å². The molecule has 1 aliphatic heterocycles. The van der Waals surface area contributed by atoms with Crippen LogP contribution in [-0.2, 0) is 6.42 Å². The van der Waals surface area contributed by atoms with Crippen LogP contribution in [0.1, 0.15) is 44.1 Å². The number of nitrogens with zero attached hydrogens (tertiary/aromatic N) is 6. The molecular weight excluding hydrogens is 352 g/mol. The molecule has 2 fully saturated rings. The molecule has 0 spiro atoms. The molecular formula is C20H30N8. The van der Waals surface area contributed by atoms with Crippen molar-refractivity contribution in [2.24, 2.45) is 0 Å². The van der Waals surface area contributed by atoms with Gasteiger partial charge in [-0.2, -0.15) is 15.0 Å². The van der Waals surface area contributed by atoms with Gasteiger partial charge in [0.05, 0.1) is 0 Å². The van der Waals surface area contributed by atoms with Gasteiger partial charge in [0.2, 0.25) is 11.9 Å². The van der Waals surface area contributed by atoms with Crippen molar-refractivity contribution in [1.82, 2.24) is 30.2 Å². The molecule has 0 bridgehead atoms. The number of pyridine rings is 1. The highest BCUT2D eigenvalue weighted by atomic mass is 15.3. The lowest BCUT2D eigenvalue weighted by Crippen LogP contribution is -2.45. The minimum atomic E-state index is 0.307. The van der Waals surface area contributed by atoms with E-state index in [4.69, 9.17) is 0 Å². The molecule has 1 saturated carbocycles. The van der Waals surface area contributed by atoms with Gasteiger partial charge in [-0.1, -0.05) is 6.92 Å². The first kappa shape index (κ1) is 19.0. The maximum Gasteiger partial charge on any atom is 0.233 e. The number of rotatable bonds is 7. The highest BCUT2D eigenvalue weighted by molar-refractivity contribution is 5.51.